The van der Waals surface area contributed by atoms with Gasteiger partial charge in [-0.3, -0.25) is 4.79 Å². The van der Waals surface area contributed by atoms with E-state index in [9.17, 15) is 4.79 Å². The van der Waals surface area contributed by atoms with Crippen molar-refractivity contribution in [1.29, 1.82) is 0 Å². The zero-order chi connectivity index (χ0) is 15.8. The van der Waals surface area contributed by atoms with E-state index in [1.807, 2.05) is 24.3 Å². The Morgan fingerprint density at radius 2 is 1.95 bits per heavy atom. The highest BCUT2D eigenvalue weighted by Crippen LogP contribution is 2.10. The number of ether oxygens (including phenoxy) is 1. The zero-order valence-electron chi connectivity index (χ0n) is 12.2. The van der Waals surface area contributed by atoms with Crippen molar-refractivity contribution in [2.75, 3.05) is 25.5 Å². The summed E-state index contributed by atoms with van der Waals surface area (Å²) in [6, 6.07) is 10.8. The second-order valence-corrected chi connectivity index (χ2v) is 4.93. The van der Waals surface area contributed by atoms with E-state index < -0.39 is 0 Å². The second-order valence-electron chi connectivity index (χ2n) is 4.49. The summed E-state index contributed by atoms with van der Waals surface area (Å²) in [5.74, 6) is 0.341. The Hall–Kier alpha value is -2.18. The predicted molar refractivity (Wildman–Crippen MR) is 85.0 cm³/mol. The number of carbonyl (C=O) groups is 1. The number of amides is 1. The minimum Gasteiger partial charge on any atom is -0.375 e. The maximum absolute atomic E-state index is 11.3. The molecule has 1 amide bonds. The first kappa shape index (κ1) is 16.2. The van der Waals surface area contributed by atoms with E-state index in [2.05, 4.69) is 20.8 Å². The topological polar surface area (TPSA) is 76.1 Å². The predicted octanol–water partition coefficient (Wildman–Crippen LogP) is 2.12. The molecule has 0 aliphatic carbocycles. The first-order valence-corrected chi connectivity index (χ1v) is 7.18. The molecule has 0 aliphatic heterocycles. The highest BCUT2D eigenvalue weighted by molar-refractivity contribution is 6.30. The fourth-order valence-electron chi connectivity index (χ4n) is 1.70. The van der Waals surface area contributed by atoms with Gasteiger partial charge < -0.3 is 15.4 Å². The SMILES string of the molecule is CNC(=O)c1ccc(NCCOCc2ccc(Cl)cc2)nn1. The summed E-state index contributed by atoms with van der Waals surface area (Å²) >= 11 is 5.81. The Morgan fingerprint density at radius 3 is 2.59 bits per heavy atom. The molecule has 6 nitrogen and oxygen atoms in total. The van der Waals surface area contributed by atoms with Crippen molar-refractivity contribution in [3.63, 3.8) is 0 Å². The highest BCUT2D eigenvalue weighted by Gasteiger charge is 2.04. The summed E-state index contributed by atoms with van der Waals surface area (Å²) in [5.41, 5.74) is 1.35. The molecule has 2 N–H and O–H groups in total. The van der Waals surface area contributed by atoms with Crippen LogP contribution in [0.5, 0.6) is 0 Å². The average molecular weight is 321 g/mol. The number of nitrogens with one attached hydrogen (secondary N) is 2. The van der Waals surface area contributed by atoms with Crippen LogP contribution in [-0.2, 0) is 11.3 Å². The largest absolute Gasteiger partial charge is 0.375 e. The van der Waals surface area contributed by atoms with Crippen LogP contribution in [0, 0.1) is 0 Å². The molecule has 0 aliphatic rings. The molecular formula is C15H17ClN4O2. The Morgan fingerprint density at radius 1 is 1.18 bits per heavy atom. The summed E-state index contributed by atoms with van der Waals surface area (Å²) in [5, 5.41) is 14.0. The summed E-state index contributed by atoms with van der Waals surface area (Å²) in [6.45, 7) is 1.66. The Bertz CT molecular complexity index is 602. The van der Waals surface area contributed by atoms with Crippen LogP contribution < -0.4 is 10.6 Å². The normalized spacial score (nSPS) is 10.3. The number of halogens is 1. The first-order valence-electron chi connectivity index (χ1n) is 6.81. The van der Waals surface area contributed by atoms with Crippen molar-refractivity contribution in [1.82, 2.24) is 15.5 Å². The van der Waals surface area contributed by atoms with Crippen LogP contribution in [0.2, 0.25) is 5.02 Å². The summed E-state index contributed by atoms with van der Waals surface area (Å²) in [4.78, 5) is 11.3. The molecule has 0 bridgehead atoms. The number of aromatic nitrogens is 2. The number of rotatable bonds is 7. The molecule has 1 heterocycles. The number of benzene rings is 1. The molecule has 0 saturated heterocycles. The van der Waals surface area contributed by atoms with Gasteiger partial charge in [-0.15, -0.1) is 10.2 Å². The van der Waals surface area contributed by atoms with Gasteiger partial charge in [0.1, 0.15) is 5.82 Å². The minimum atomic E-state index is -0.259. The van der Waals surface area contributed by atoms with Gasteiger partial charge in [0.2, 0.25) is 0 Å². The van der Waals surface area contributed by atoms with Crippen molar-refractivity contribution >= 4 is 23.3 Å². The maximum Gasteiger partial charge on any atom is 0.271 e. The van der Waals surface area contributed by atoms with Gasteiger partial charge in [-0.1, -0.05) is 23.7 Å². The molecule has 2 rings (SSSR count). The molecular weight excluding hydrogens is 304 g/mol. The monoisotopic (exact) mass is 320 g/mol. The van der Waals surface area contributed by atoms with Gasteiger partial charge in [-0.05, 0) is 29.8 Å². The van der Waals surface area contributed by atoms with Crippen molar-refractivity contribution in [2.45, 2.75) is 6.61 Å². The molecule has 0 fully saturated rings. The number of carbonyl (C=O) groups excluding carboxylic acids is 1. The van der Waals surface area contributed by atoms with Crippen LogP contribution >= 0.6 is 11.6 Å². The standard InChI is InChI=1S/C15H17ClN4O2/c1-17-15(21)13-6-7-14(20-19-13)18-8-9-22-10-11-2-4-12(16)5-3-11/h2-7H,8-10H2,1H3,(H,17,21)(H,18,20). The van der Waals surface area contributed by atoms with E-state index in [4.69, 9.17) is 16.3 Å². The quantitative estimate of drug-likeness (QED) is 0.764. The molecule has 0 spiro atoms. The van der Waals surface area contributed by atoms with Crippen molar-refractivity contribution in [3.05, 3.63) is 52.7 Å². The van der Waals surface area contributed by atoms with E-state index in [1.54, 1.807) is 19.2 Å². The van der Waals surface area contributed by atoms with E-state index in [1.165, 1.54) is 0 Å². The second kappa shape index (κ2) is 8.31. The van der Waals surface area contributed by atoms with E-state index in [0.717, 1.165) is 5.56 Å². The lowest BCUT2D eigenvalue weighted by molar-refractivity contribution is 0.0957. The highest BCUT2D eigenvalue weighted by atomic mass is 35.5. The van der Waals surface area contributed by atoms with Crippen molar-refractivity contribution < 1.29 is 9.53 Å². The number of hydrogen-bond donors (Lipinski definition) is 2. The lowest BCUT2D eigenvalue weighted by Gasteiger charge is -2.07. The molecule has 116 valence electrons. The zero-order valence-corrected chi connectivity index (χ0v) is 12.9. The van der Waals surface area contributed by atoms with Crippen LogP contribution in [0.1, 0.15) is 16.1 Å². The molecule has 22 heavy (non-hydrogen) atoms. The van der Waals surface area contributed by atoms with Gasteiger partial charge in [0.25, 0.3) is 5.91 Å². The van der Waals surface area contributed by atoms with E-state index in [0.29, 0.717) is 30.6 Å². The fraction of sp³-hybridized carbons (Fsp3) is 0.267. The first-order chi connectivity index (χ1) is 10.7. The molecule has 0 saturated carbocycles. The van der Waals surface area contributed by atoms with Gasteiger partial charge in [0, 0.05) is 18.6 Å². The average Bonchev–Trinajstić information content (AvgIpc) is 2.56. The van der Waals surface area contributed by atoms with Crippen LogP contribution in [0.25, 0.3) is 0 Å². The van der Waals surface area contributed by atoms with Crippen LogP contribution in [0.4, 0.5) is 5.82 Å². The van der Waals surface area contributed by atoms with Gasteiger partial charge in [-0.2, -0.15) is 0 Å². The van der Waals surface area contributed by atoms with Gasteiger partial charge in [-0.25, -0.2) is 0 Å². The third kappa shape index (κ3) is 4.98. The lowest BCUT2D eigenvalue weighted by atomic mass is 10.2. The summed E-state index contributed by atoms with van der Waals surface area (Å²) in [7, 11) is 1.55. The summed E-state index contributed by atoms with van der Waals surface area (Å²) < 4.78 is 5.54. The molecule has 0 unspecified atom stereocenters. The number of anilines is 1. The van der Waals surface area contributed by atoms with E-state index in [-0.39, 0.29) is 11.6 Å². The van der Waals surface area contributed by atoms with Gasteiger partial charge >= 0.3 is 0 Å². The third-order valence-corrected chi connectivity index (χ3v) is 3.11. The molecule has 0 radical (unpaired) electrons. The number of nitrogens with zero attached hydrogens (tertiary/aromatic N) is 2. The molecule has 7 heteroatoms. The Kier molecular flexibility index (Phi) is 6.12. The van der Waals surface area contributed by atoms with Gasteiger partial charge in [0.05, 0.1) is 13.2 Å². The fourth-order valence-corrected chi connectivity index (χ4v) is 1.82. The lowest BCUT2D eigenvalue weighted by Crippen LogP contribution is -2.20. The van der Waals surface area contributed by atoms with Crippen molar-refractivity contribution in [3.8, 4) is 0 Å². The Labute approximate surface area is 133 Å². The smallest absolute Gasteiger partial charge is 0.271 e. The van der Waals surface area contributed by atoms with Gasteiger partial charge in [0.15, 0.2) is 5.69 Å². The van der Waals surface area contributed by atoms with Crippen LogP contribution in [-0.4, -0.2) is 36.3 Å². The third-order valence-electron chi connectivity index (χ3n) is 2.86. The minimum absolute atomic E-state index is 0.259. The van der Waals surface area contributed by atoms with Crippen LogP contribution in [0.3, 0.4) is 0 Å². The molecule has 1 aromatic heterocycles. The molecule has 2 aromatic rings. The maximum atomic E-state index is 11.3. The number of hydrogen-bond acceptors (Lipinski definition) is 5. The molecule has 1 aromatic carbocycles. The summed E-state index contributed by atoms with van der Waals surface area (Å²) in [6.07, 6.45) is 0. The van der Waals surface area contributed by atoms with E-state index >= 15 is 0 Å². The van der Waals surface area contributed by atoms with Crippen molar-refractivity contribution in [2.24, 2.45) is 0 Å². The Balaban J connectivity index is 1.68. The van der Waals surface area contributed by atoms with Crippen LogP contribution in [0.15, 0.2) is 36.4 Å². The molecule has 0 atom stereocenters.